The van der Waals surface area contributed by atoms with Gasteiger partial charge in [-0.1, -0.05) is 11.6 Å². The Bertz CT molecular complexity index is 1310. The lowest BCUT2D eigenvalue weighted by molar-refractivity contribution is 0.577. The molecule has 2 aliphatic rings. The van der Waals surface area contributed by atoms with Crippen molar-refractivity contribution in [2.45, 2.75) is 52.0 Å². The van der Waals surface area contributed by atoms with Gasteiger partial charge in [-0.05, 0) is 64.2 Å². The van der Waals surface area contributed by atoms with E-state index in [1.807, 2.05) is 20.0 Å². The molecule has 1 aromatic carbocycles. The molecule has 3 aromatic heterocycles. The number of fused-ring (bicyclic) bond motifs is 1. The van der Waals surface area contributed by atoms with E-state index < -0.39 is 5.82 Å². The molecule has 6 rings (SSSR count). The van der Waals surface area contributed by atoms with Crippen molar-refractivity contribution in [1.82, 2.24) is 29.7 Å². The minimum atomic E-state index is -0.447. The summed E-state index contributed by atoms with van der Waals surface area (Å²) >= 11 is 5.77. The van der Waals surface area contributed by atoms with E-state index in [-0.39, 0.29) is 0 Å². The Morgan fingerprint density at radius 3 is 2.50 bits per heavy atom. The molecule has 1 aliphatic carbocycles. The number of aryl methyl sites for hydroxylation is 2. The lowest BCUT2D eigenvalue weighted by Crippen LogP contribution is -2.28. The van der Waals surface area contributed by atoms with Gasteiger partial charge in [0, 0.05) is 29.9 Å². The van der Waals surface area contributed by atoms with Crippen LogP contribution in [0.1, 0.15) is 49.5 Å². The van der Waals surface area contributed by atoms with Gasteiger partial charge in [-0.25, -0.2) is 24.3 Å². The van der Waals surface area contributed by atoms with Crippen molar-refractivity contribution in [2.75, 3.05) is 18.0 Å². The number of halogens is 2. The third-order valence-electron chi connectivity index (χ3n) is 6.30. The van der Waals surface area contributed by atoms with Crippen LogP contribution in [0.15, 0.2) is 36.9 Å². The molecule has 0 amide bonds. The normalized spacial score (nSPS) is 15.8. The second-order valence-electron chi connectivity index (χ2n) is 8.87. The maximum absolute atomic E-state index is 14.1. The van der Waals surface area contributed by atoms with Crippen molar-refractivity contribution in [3.8, 4) is 11.3 Å². The van der Waals surface area contributed by atoms with Gasteiger partial charge in [0.05, 0.1) is 29.3 Å². The molecule has 1 aliphatic heterocycles. The van der Waals surface area contributed by atoms with E-state index in [0.29, 0.717) is 33.5 Å². The molecule has 34 heavy (non-hydrogen) atoms. The van der Waals surface area contributed by atoms with Crippen molar-refractivity contribution in [1.29, 1.82) is 0 Å². The number of nitrogens with zero attached hydrogens (tertiary/aromatic N) is 7. The Kier molecular flexibility index (Phi) is 6.41. The van der Waals surface area contributed by atoms with Crippen molar-refractivity contribution in [2.24, 2.45) is 0 Å². The van der Waals surface area contributed by atoms with E-state index in [1.54, 1.807) is 12.1 Å². The van der Waals surface area contributed by atoms with Crippen LogP contribution in [0.3, 0.4) is 0 Å². The quantitative estimate of drug-likeness (QED) is 0.375. The van der Waals surface area contributed by atoms with Crippen molar-refractivity contribution in [3.05, 3.63) is 59.1 Å². The summed E-state index contributed by atoms with van der Waals surface area (Å²) in [7, 11) is 0. The van der Waals surface area contributed by atoms with Gasteiger partial charge in [0.1, 0.15) is 23.4 Å². The number of benzene rings is 1. The summed E-state index contributed by atoms with van der Waals surface area (Å²) in [6, 6.07) is 5.16. The molecule has 176 valence electrons. The van der Waals surface area contributed by atoms with Gasteiger partial charge in [-0.15, -0.1) is 0 Å². The van der Waals surface area contributed by atoms with Gasteiger partial charge in [0.15, 0.2) is 5.65 Å². The molecule has 0 N–H and O–H groups in total. The molecule has 4 heterocycles. The first-order chi connectivity index (χ1) is 16.5. The van der Waals surface area contributed by atoms with E-state index in [0.717, 1.165) is 11.4 Å². The van der Waals surface area contributed by atoms with Crippen LogP contribution in [-0.4, -0.2) is 42.8 Å². The minimum Gasteiger partial charge on any atom is -0.369 e. The number of rotatable bonds is 3. The summed E-state index contributed by atoms with van der Waals surface area (Å²) in [6.45, 7) is 6.13. The molecule has 1 saturated carbocycles. The Morgan fingerprint density at radius 1 is 1.00 bits per heavy atom. The van der Waals surface area contributed by atoms with Crippen LogP contribution in [-0.2, 0) is 0 Å². The fourth-order valence-corrected chi connectivity index (χ4v) is 4.26. The first-order valence-electron chi connectivity index (χ1n) is 11.7. The van der Waals surface area contributed by atoms with Crippen LogP contribution in [0.25, 0.3) is 22.4 Å². The van der Waals surface area contributed by atoms with Gasteiger partial charge in [0.25, 0.3) is 0 Å². The van der Waals surface area contributed by atoms with Crippen LogP contribution in [0.4, 0.5) is 10.1 Å². The SMILES string of the molecule is Cc1nc2ncnc(-c3ccc(Cl)cc3F)c2nc1C.c1nn(C2CC2)cc1N1CCCCC1. The Morgan fingerprint density at radius 2 is 1.76 bits per heavy atom. The number of hydrogen-bond acceptors (Lipinski definition) is 6. The molecule has 9 heteroatoms. The molecule has 0 spiro atoms. The van der Waals surface area contributed by atoms with Gasteiger partial charge >= 0.3 is 0 Å². The molecular formula is C25H27ClFN7. The third-order valence-corrected chi connectivity index (χ3v) is 6.53. The topological polar surface area (TPSA) is 72.6 Å². The van der Waals surface area contributed by atoms with Crippen LogP contribution in [0, 0.1) is 19.7 Å². The van der Waals surface area contributed by atoms with Crippen molar-refractivity contribution >= 4 is 28.5 Å². The van der Waals surface area contributed by atoms with Crippen LogP contribution < -0.4 is 4.90 Å². The second-order valence-corrected chi connectivity index (χ2v) is 9.31. The Labute approximate surface area is 203 Å². The molecule has 1 saturated heterocycles. The maximum Gasteiger partial charge on any atom is 0.182 e. The zero-order valence-electron chi connectivity index (χ0n) is 19.4. The first-order valence-corrected chi connectivity index (χ1v) is 12.1. The lowest BCUT2D eigenvalue weighted by atomic mass is 10.1. The van der Waals surface area contributed by atoms with Crippen LogP contribution >= 0.6 is 11.6 Å². The summed E-state index contributed by atoms with van der Waals surface area (Å²) in [6.07, 6.45) is 12.3. The maximum atomic E-state index is 14.1. The molecule has 0 bridgehead atoms. The van der Waals surface area contributed by atoms with Gasteiger partial charge in [-0.3, -0.25) is 4.68 Å². The fraction of sp³-hybridized carbons (Fsp3) is 0.400. The number of anilines is 1. The number of aromatic nitrogens is 6. The first kappa shape index (κ1) is 22.7. The van der Waals surface area contributed by atoms with E-state index in [9.17, 15) is 4.39 Å². The standard InChI is InChI=1S/C14H10ClFN4.C11H17N3/c1-7-8(2)20-14-13(19-7)12(17-6-18-14)10-4-3-9(15)5-11(10)16;1-2-6-13(7-3-1)11-8-12-14(9-11)10-4-5-10/h3-6H,1-2H3;8-10H,1-7H2. The largest absolute Gasteiger partial charge is 0.369 e. The van der Waals surface area contributed by atoms with Crippen LogP contribution in [0.2, 0.25) is 5.02 Å². The smallest absolute Gasteiger partial charge is 0.182 e. The van der Waals surface area contributed by atoms with E-state index in [2.05, 4.69) is 40.8 Å². The summed E-state index contributed by atoms with van der Waals surface area (Å²) in [4.78, 5) is 19.5. The van der Waals surface area contributed by atoms with Gasteiger partial charge in [-0.2, -0.15) is 5.10 Å². The monoisotopic (exact) mass is 479 g/mol. The highest BCUT2D eigenvalue weighted by Gasteiger charge is 2.25. The Hall–Kier alpha value is -3.13. The zero-order chi connectivity index (χ0) is 23.7. The molecule has 0 atom stereocenters. The van der Waals surface area contributed by atoms with Gasteiger partial charge < -0.3 is 4.90 Å². The number of piperidine rings is 1. The summed E-state index contributed by atoms with van der Waals surface area (Å²) in [5.41, 5.74) is 4.57. The average molecular weight is 480 g/mol. The molecular weight excluding hydrogens is 453 g/mol. The predicted molar refractivity (Wildman–Crippen MR) is 132 cm³/mol. The van der Waals surface area contributed by atoms with E-state index in [1.165, 1.54) is 63.3 Å². The van der Waals surface area contributed by atoms with Crippen molar-refractivity contribution < 1.29 is 4.39 Å². The van der Waals surface area contributed by atoms with Gasteiger partial charge in [0.2, 0.25) is 0 Å². The fourth-order valence-electron chi connectivity index (χ4n) is 4.10. The molecule has 7 nitrogen and oxygen atoms in total. The minimum absolute atomic E-state index is 0.333. The van der Waals surface area contributed by atoms with Crippen LogP contribution in [0.5, 0.6) is 0 Å². The predicted octanol–water partition coefficient (Wildman–Crippen LogP) is 5.70. The lowest BCUT2D eigenvalue weighted by Gasteiger charge is -2.27. The molecule has 0 radical (unpaired) electrons. The van der Waals surface area contributed by atoms with E-state index in [4.69, 9.17) is 11.6 Å². The number of hydrogen-bond donors (Lipinski definition) is 0. The van der Waals surface area contributed by atoms with E-state index >= 15 is 0 Å². The molecule has 4 aromatic rings. The summed E-state index contributed by atoms with van der Waals surface area (Å²) in [5, 5.41) is 4.76. The Balaban J connectivity index is 0.000000150. The summed E-state index contributed by atoms with van der Waals surface area (Å²) in [5.74, 6) is -0.447. The molecule has 0 unspecified atom stereocenters. The average Bonchev–Trinajstić information content (AvgIpc) is 3.57. The van der Waals surface area contributed by atoms with Crippen molar-refractivity contribution in [3.63, 3.8) is 0 Å². The highest BCUT2D eigenvalue weighted by atomic mass is 35.5. The zero-order valence-corrected chi connectivity index (χ0v) is 20.1. The summed E-state index contributed by atoms with van der Waals surface area (Å²) < 4.78 is 16.2. The second kappa shape index (κ2) is 9.62. The third kappa shape index (κ3) is 4.87. The highest BCUT2D eigenvalue weighted by molar-refractivity contribution is 6.30. The molecule has 2 fully saturated rings. The highest BCUT2D eigenvalue weighted by Crippen LogP contribution is 2.35.